The molecule has 33 heavy (non-hydrogen) atoms. The first-order chi connectivity index (χ1) is 15.9. The highest BCUT2D eigenvalue weighted by Crippen LogP contribution is 2.32. The molecule has 1 N–H and O–H groups in total. The van der Waals surface area contributed by atoms with Crippen molar-refractivity contribution in [1.82, 2.24) is 4.90 Å². The third-order valence-electron chi connectivity index (χ3n) is 6.46. The van der Waals surface area contributed by atoms with Crippen molar-refractivity contribution in [2.45, 2.75) is 56.8 Å². The molecule has 2 amide bonds. The van der Waals surface area contributed by atoms with E-state index in [0.29, 0.717) is 18.7 Å². The molecule has 0 bridgehead atoms. The summed E-state index contributed by atoms with van der Waals surface area (Å²) < 4.78 is 28.7. The summed E-state index contributed by atoms with van der Waals surface area (Å²) in [4.78, 5) is 28.9. The topological polar surface area (TPSA) is 86.8 Å². The minimum absolute atomic E-state index is 0.0438. The Kier molecular flexibility index (Phi) is 7.02. The molecule has 2 aliphatic heterocycles. The van der Waals surface area contributed by atoms with Gasteiger partial charge >= 0.3 is 0 Å². The van der Waals surface area contributed by atoms with E-state index in [4.69, 9.17) is 0 Å². The first kappa shape index (κ1) is 23.3. The molecule has 1 saturated heterocycles. The van der Waals surface area contributed by atoms with Crippen LogP contribution >= 0.6 is 0 Å². The number of rotatable bonds is 7. The Morgan fingerprint density at radius 3 is 2.42 bits per heavy atom. The molecule has 0 atom stereocenters. The summed E-state index contributed by atoms with van der Waals surface area (Å²) in [7, 11) is -3.74. The fourth-order valence-corrected chi connectivity index (χ4v) is 5.74. The lowest BCUT2D eigenvalue weighted by atomic mass is 10.1. The number of sulfonamides is 1. The third kappa shape index (κ3) is 5.21. The van der Waals surface area contributed by atoms with E-state index in [1.807, 2.05) is 24.0 Å². The minimum Gasteiger partial charge on any atom is -0.343 e. The first-order valence-corrected chi connectivity index (χ1v) is 13.2. The molecule has 0 unspecified atom stereocenters. The Morgan fingerprint density at radius 1 is 0.939 bits per heavy atom. The van der Waals surface area contributed by atoms with Crippen molar-refractivity contribution >= 4 is 33.2 Å². The summed E-state index contributed by atoms with van der Waals surface area (Å²) in [6.07, 6.45) is 4.93. The largest absolute Gasteiger partial charge is 0.343 e. The molecule has 4 rings (SSSR count). The van der Waals surface area contributed by atoms with Gasteiger partial charge in [0.2, 0.25) is 11.8 Å². The standard InChI is InChI=1S/C25H31N3O4S/c1-2-19-8-4-5-9-22(19)26-33(31,32)21-10-11-23-20(18-21)14-17-28(23)25(30)13-12-24(29)27-15-6-3-7-16-27/h4-5,8-11,18,26H,2-3,6-7,12-17H2,1H3. The predicted octanol–water partition coefficient (Wildman–Crippen LogP) is 3.73. The van der Waals surface area contributed by atoms with E-state index in [2.05, 4.69) is 4.72 Å². The van der Waals surface area contributed by atoms with Crippen molar-refractivity contribution < 1.29 is 18.0 Å². The quantitative estimate of drug-likeness (QED) is 0.669. The van der Waals surface area contributed by atoms with Crippen molar-refractivity contribution in [3.63, 3.8) is 0 Å². The SMILES string of the molecule is CCc1ccccc1NS(=O)(=O)c1ccc2c(c1)CCN2C(=O)CCC(=O)N1CCCCC1. The highest BCUT2D eigenvalue weighted by atomic mass is 32.2. The van der Waals surface area contributed by atoms with Crippen molar-refractivity contribution in [1.29, 1.82) is 0 Å². The number of carbonyl (C=O) groups is 2. The van der Waals surface area contributed by atoms with E-state index in [-0.39, 0.29) is 29.6 Å². The number of nitrogens with zero attached hydrogens (tertiary/aromatic N) is 2. The summed E-state index contributed by atoms with van der Waals surface area (Å²) >= 11 is 0. The second kappa shape index (κ2) is 9.95. The van der Waals surface area contributed by atoms with E-state index < -0.39 is 10.0 Å². The van der Waals surface area contributed by atoms with Gasteiger partial charge in [-0.3, -0.25) is 14.3 Å². The van der Waals surface area contributed by atoms with Crippen LogP contribution in [0.1, 0.15) is 50.2 Å². The number of benzene rings is 2. The summed E-state index contributed by atoms with van der Waals surface area (Å²) in [5.74, 6) is -0.0490. The number of hydrogen-bond donors (Lipinski definition) is 1. The fourth-order valence-electron chi connectivity index (χ4n) is 4.59. The average Bonchev–Trinajstić information content (AvgIpc) is 3.26. The van der Waals surface area contributed by atoms with Crippen LogP contribution in [-0.4, -0.2) is 44.8 Å². The maximum atomic E-state index is 13.0. The van der Waals surface area contributed by atoms with Gasteiger partial charge in [0.15, 0.2) is 0 Å². The normalized spacial score (nSPS) is 15.9. The maximum absolute atomic E-state index is 13.0. The van der Waals surface area contributed by atoms with Gasteiger partial charge in [-0.05, 0) is 67.5 Å². The van der Waals surface area contributed by atoms with Crippen molar-refractivity contribution in [2.75, 3.05) is 29.3 Å². The zero-order chi connectivity index (χ0) is 23.4. The van der Waals surface area contributed by atoms with Gasteiger partial charge in [0.25, 0.3) is 10.0 Å². The number of para-hydroxylation sites is 1. The Labute approximate surface area is 195 Å². The highest BCUT2D eigenvalue weighted by molar-refractivity contribution is 7.92. The molecule has 2 heterocycles. The van der Waals surface area contributed by atoms with E-state index in [0.717, 1.165) is 55.6 Å². The molecule has 1 fully saturated rings. The van der Waals surface area contributed by atoms with Crippen LogP contribution in [0.3, 0.4) is 0 Å². The summed E-state index contributed by atoms with van der Waals surface area (Å²) in [6, 6.07) is 12.2. The molecule has 0 spiro atoms. The number of hydrogen-bond acceptors (Lipinski definition) is 4. The zero-order valence-electron chi connectivity index (χ0n) is 19.0. The van der Waals surface area contributed by atoms with Gasteiger partial charge < -0.3 is 9.80 Å². The Balaban J connectivity index is 1.43. The number of amides is 2. The second-order valence-corrected chi connectivity index (χ2v) is 10.3. The Bertz CT molecular complexity index is 1140. The van der Waals surface area contributed by atoms with Gasteiger partial charge in [0.1, 0.15) is 0 Å². The van der Waals surface area contributed by atoms with Crippen LogP contribution in [0, 0.1) is 0 Å². The van der Waals surface area contributed by atoms with Crippen LogP contribution in [0.2, 0.25) is 0 Å². The molecular formula is C25H31N3O4S. The second-order valence-electron chi connectivity index (χ2n) is 8.64. The van der Waals surface area contributed by atoms with Gasteiger partial charge in [-0.2, -0.15) is 0 Å². The summed E-state index contributed by atoms with van der Waals surface area (Å²) in [6.45, 7) is 4.05. The average molecular weight is 470 g/mol. The van der Waals surface area contributed by atoms with Crippen LogP contribution in [0.4, 0.5) is 11.4 Å². The zero-order valence-corrected chi connectivity index (χ0v) is 19.9. The van der Waals surface area contributed by atoms with Crippen LogP contribution in [-0.2, 0) is 32.5 Å². The number of likely N-dealkylation sites (tertiary alicyclic amines) is 1. The number of fused-ring (bicyclic) bond motifs is 1. The van der Waals surface area contributed by atoms with Crippen molar-refractivity contribution in [3.05, 3.63) is 53.6 Å². The summed E-state index contributed by atoms with van der Waals surface area (Å²) in [5.41, 5.74) is 3.07. The van der Waals surface area contributed by atoms with Crippen molar-refractivity contribution in [3.8, 4) is 0 Å². The lowest BCUT2D eigenvalue weighted by Crippen LogP contribution is -2.37. The van der Waals surface area contributed by atoms with E-state index in [1.54, 1.807) is 35.2 Å². The monoisotopic (exact) mass is 469 g/mol. The highest BCUT2D eigenvalue weighted by Gasteiger charge is 2.28. The maximum Gasteiger partial charge on any atom is 0.261 e. The Morgan fingerprint density at radius 2 is 1.67 bits per heavy atom. The molecule has 7 nitrogen and oxygen atoms in total. The predicted molar refractivity (Wildman–Crippen MR) is 129 cm³/mol. The van der Waals surface area contributed by atoms with Gasteiger partial charge in [0.05, 0.1) is 10.6 Å². The Hall–Kier alpha value is -2.87. The smallest absolute Gasteiger partial charge is 0.261 e. The molecule has 8 heteroatoms. The third-order valence-corrected chi connectivity index (χ3v) is 7.83. The van der Waals surface area contributed by atoms with Gasteiger partial charge in [0, 0.05) is 38.2 Å². The van der Waals surface area contributed by atoms with E-state index in [9.17, 15) is 18.0 Å². The van der Waals surface area contributed by atoms with Crippen molar-refractivity contribution in [2.24, 2.45) is 0 Å². The van der Waals surface area contributed by atoms with E-state index >= 15 is 0 Å². The van der Waals surface area contributed by atoms with Crippen LogP contribution in [0.5, 0.6) is 0 Å². The minimum atomic E-state index is -3.74. The van der Waals surface area contributed by atoms with Gasteiger partial charge in [-0.25, -0.2) is 8.42 Å². The molecule has 2 aromatic rings. The summed E-state index contributed by atoms with van der Waals surface area (Å²) in [5, 5.41) is 0. The molecule has 0 aliphatic carbocycles. The number of anilines is 2. The molecule has 176 valence electrons. The number of aryl methyl sites for hydroxylation is 1. The molecule has 2 aliphatic rings. The molecule has 0 aromatic heterocycles. The number of carbonyl (C=O) groups excluding carboxylic acids is 2. The fraction of sp³-hybridized carbons (Fsp3) is 0.440. The molecule has 0 radical (unpaired) electrons. The lowest BCUT2D eigenvalue weighted by molar-refractivity contribution is -0.133. The number of piperidine rings is 1. The number of nitrogens with one attached hydrogen (secondary N) is 1. The van der Waals surface area contributed by atoms with Crippen LogP contribution < -0.4 is 9.62 Å². The first-order valence-electron chi connectivity index (χ1n) is 11.7. The van der Waals surface area contributed by atoms with Crippen LogP contribution in [0.25, 0.3) is 0 Å². The lowest BCUT2D eigenvalue weighted by Gasteiger charge is -2.27. The van der Waals surface area contributed by atoms with Crippen LogP contribution in [0.15, 0.2) is 47.4 Å². The van der Waals surface area contributed by atoms with E-state index in [1.165, 1.54) is 0 Å². The molecule has 0 saturated carbocycles. The van der Waals surface area contributed by atoms with Gasteiger partial charge in [-0.15, -0.1) is 0 Å². The van der Waals surface area contributed by atoms with Gasteiger partial charge in [-0.1, -0.05) is 25.1 Å². The molecule has 2 aromatic carbocycles. The molecular weight excluding hydrogens is 438 g/mol.